The zero-order chi connectivity index (χ0) is 18.6. The Morgan fingerprint density at radius 3 is 2.59 bits per heavy atom. The summed E-state index contributed by atoms with van der Waals surface area (Å²) in [6, 6.07) is 9.09. The molecule has 1 aliphatic carbocycles. The highest BCUT2D eigenvalue weighted by Crippen LogP contribution is 2.38. The first-order chi connectivity index (χ1) is 13.2. The summed E-state index contributed by atoms with van der Waals surface area (Å²) in [6.45, 7) is 0. The number of para-hydroxylation sites is 1. The number of nitro groups is 1. The molecule has 2 heterocycles. The molecule has 3 aromatic rings. The van der Waals surface area contributed by atoms with Crippen LogP contribution in [0.15, 0.2) is 42.9 Å². The first-order valence-corrected chi connectivity index (χ1v) is 8.90. The monoisotopic (exact) mass is 366 g/mol. The van der Waals surface area contributed by atoms with E-state index < -0.39 is 4.92 Å². The second-order valence-electron chi connectivity index (χ2n) is 6.40. The summed E-state index contributed by atoms with van der Waals surface area (Å²) < 4.78 is 11.6. The first kappa shape index (κ1) is 17.1. The van der Waals surface area contributed by atoms with Crippen LogP contribution >= 0.6 is 0 Å². The number of fused-ring (bicyclic) bond motifs is 1. The fourth-order valence-electron chi connectivity index (χ4n) is 3.27. The van der Waals surface area contributed by atoms with Gasteiger partial charge in [-0.05, 0) is 37.8 Å². The molecule has 1 aromatic carbocycles. The Morgan fingerprint density at radius 1 is 1.00 bits per heavy atom. The van der Waals surface area contributed by atoms with Crippen molar-refractivity contribution in [2.24, 2.45) is 0 Å². The Hall–Kier alpha value is -3.29. The highest BCUT2D eigenvalue weighted by molar-refractivity contribution is 5.84. The minimum Gasteiger partial charge on any atom is -0.469 e. The summed E-state index contributed by atoms with van der Waals surface area (Å²) in [5.41, 5.74) is 0.235. The Balaban J connectivity index is 1.69. The Bertz CT molecular complexity index is 968. The number of pyridine rings is 1. The Kier molecular flexibility index (Phi) is 4.78. The van der Waals surface area contributed by atoms with Gasteiger partial charge in [-0.2, -0.15) is 9.97 Å². The van der Waals surface area contributed by atoms with Gasteiger partial charge in [0.25, 0.3) is 0 Å². The molecule has 0 unspecified atom stereocenters. The van der Waals surface area contributed by atoms with Gasteiger partial charge in [0, 0.05) is 11.6 Å². The van der Waals surface area contributed by atoms with Crippen LogP contribution in [-0.2, 0) is 0 Å². The number of hydrogen-bond acceptors (Lipinski definition) is 7. The van der Waals surface area contributed by atoms with Gasteiger partial charge in [0.1, 0.15) is 17.9 Å². The number of benzene rings is 1. The van der Waals surface area contributed by atoms with Crippen molar-refractivity contribution >= 4 is 16.6 Å². The predicted octanol–water partition coefficient (Wildman–Crippen LogP) is 4.44. The predicted molar refractivity (Wildman–Crippen MR) is 98.0 cm³/mol. The van der Waals surface area contributed by atoms with Crippen LogP contribution in [0.2, 0.25) is 0 Å². The van der Waals surface area contributed by atoms with Gasteiger partial charge >= 0.3 is 17.4 Å². The molecule has 8 nitrogen and oxygen atoms in total. The van der Waals surface area contributed by atoms with Crippen LogP contribution in [0.1, 0.15) is 32.1 Å². The zero-order valence-corrected chi connectivity index (χ0v) is 14.6. The number of rotatable bonds is 5. The average molecular weight is 366 g/mol. The van der Waals surface area contributed by atoms with Gasteiger partial charge in [-0.3, -0.25) is 15.1 Å². The lowest BCUT2D eigenvalue weighted by molar-refractivity contribution is -0.387. The molecule has 0 N–H and O–H groups in total. The molecular formula is C19H18N4O4. The maximum absolute atomic E-state index is 11.7. The lowest BCUT2D eigenvalue weighted by atomic mass is 9.98. The minimum absolute atomic E-state index is 0.0508. The van der Waals surface area contributed by atoms with Crippen molar-refractivity contribution in [2.75, 3.05) is 0 Å². The van der Waals surface area contributed by atoms with E-state index in [1.807, 2.05) is 18.2 Å². The molecule has 0 saturated heterocycles. The van der Waals surface area contributed by atoms with E-state index in [2.05, 4.69) is 15.0 Å². The third kappa shape index (κ3) is 3.64. The maximum atomic E-state index is 11.7. The smallest absolute Gasteiger partial charge is 0.392 e. The standard InChI is InChI=1S/C19H18N4O4/c24-23(25)17-18(26-14-8-2-1-3-9-14)21-12-22-19(17)27-15-10-4-6-13-7-5-11-20-16(13)15/h4-7,10-12,14H,1-3,8-9H2. The fraction of sp³-hybridized carbons (Fsp3) is 0.316. The van der Waals surface area contributed by atoms with Crippen molar-refractivity contribution < 1.29 is 14.4 Å². The summed E-state index contributed by atoms with van der Waals surface area (Å²) in [5.74, 6) is 0.183. The van der Waals surface area contributed by atoms with Crippen LogP contribution in [0.3, 0.4) is 0 Å². The molecule has 4 rings (SSSR count). The second kappa shape index (κ2) is 7.53. The summed E-state index contributed by atoms with van der Waals surface area (Å²) in [6.07, 6.45) is 7.78. The van der Waals surface area contributed by atoms with Crippen molar-refractivity contribution in [1.82, 2.24) is 15.0 Å². The molecule has 0 aliphatic heterocycles. The lowest BCUT2D eigenvalue weighted by Crippen LogP contribution is -2.21. The maximum Gasteiger partial charge on any atom is 0.392 e. The average Bonchev–Trinajstić information content (AvgIpc) is 2.69. The minimum atomic E-state index is -0.563. The Labute approximate surface area is 155 Å². The van der Waals surface area contributed by atoms with Crippen molar-refractivity contribution in [1.29, 1.82) is 0 Å². The molecule has 2 aromatic heterocycles. The van der Waals surface area contributed by atoms with Gasteiger partial charge in [-0.1, -0.05) is 24.6 Å². The van der Waals surface area contributed by atoms with Gasteiger partial charge in [0.05, 0.1) is 4.92 Å². The second-order valence-corrected chi connectivity index (χ2v) is 6.40. The molecular weight excluding hydrogens is 348 g/mol. The van der Waals surface area contributed by atoms with E-state index in [0.717, 1.165) is 37.5 Å². The van der Waals surface area contributed by atoms with Crippen LogP contribution in [0.4, 0.5) is 5.69 Å². The van der Waals surface area contributed by atoms with E-state index in [4.69, 9.17) is 9.47 Å². The van der Waals surface area contributed by atoms with Crippen molar-refractivity contribution in [3.63, 3.8) is 0 Å². The molecule has 8 heteroatoms. The van der Waals surface area contributed by atoms with Crippen LogP contribution in [0, 0.1) is 10.1 Å². The van der Waals surface area contributed by atoms with Crippen LogP contribution in [0.25, 0.3) is 10.9 Å². The molecule has 1 saturated carbocycles. The molecule has 0 radical (unpaired) electrons. The van der Waals surface area contributed by atoms with Crippen LogP contribution in [-0.4, -0.2) is 26.0 Å². The number of nitrogens with zero attached hydrogens (tertiary/aromatic N) is 4. The molecule has 0 spiro atoms. The largest absolute Gasteiger partial charge is 0.469 e. The molecule has 138 valence electrons. The third-order valence-electron chi connectivity index (χ3n) is 4.57. The summed E-state index contributed by atoms with van der Waals surface area (Å²) in [7, 11) is 0. The summed E-state index contributed by atoms with van der Waals surface area (Å²) >= 11 is 0. The lowest BCUT2D eigenvalue weighted by Gasteiger charge is -2.22. The highest BCUT2D eigenvalue weighted by Gasteiger charge is 2.29. The molecule has 27 heavy (non-hydrogen) atoms. The SMILES string of the molecule is O=[N+]([O-])c1c(Oc2cccc3cccnc23)ncnc1OC1CCCCC1. The molecule has 0 bridgehead atoms. The van der Waals surface area contributed by atoms with Crippen LogP contribution < -0.4 is 9.47 Å². The first-order valence-electron chi connectivity index (χ1n) is 8.90. The summed E-state index contributed by atoms with van der Waals surface area (Å²) in [5, 5.41) is 12.6. The number of aromatic nitrogens is 3. The third-order valence-corrected chi connectivity index (χ3v) is 4.57. The van der Waals surface area contributed by atoms with Gasteiger partial charge in [0.2, 0.25) is 0 Å². The van der Waals surface area contributed by atoms with Gasteiger partial charge in [-0.15, -0.1) is 0 Å². The Morgan fingerprint density at radius 2 is 1.78 bits per heavy atom. The van der Waals surface area contributed by atoms with E-state index in [-0.39, 0.29) is 23.6 Å². The topological polar surface area (TPSA) is 100 Å². The van der Waals surface area contributed by atoms with Crippen LogP contribution in [0.5, 0.6) is 17.5 Å². The van der Waals surface area contributed by atoms with E-state index in [0.29, 0.717) is 11.3 Å². The van der Waals surface area contributed by atoms with Gasteiger partial charge in [0.15, 0.2) is 5.75 Å². The zero-order valence-electron chi connectivity index (χ0n) is 14.6. The van der Waals surface area contributed by atoms with E-state index in [1.165, 1.54) is 6.33 Å². The number of ether oxygens (including phenoxy) is 2. The molecule has 0 atom stereocenters. The summed E-state index contributed by atoms with van der Waals surface area (Å²) in [4.78, 5) is 23.4. The van der Waals surface area contributed by atoms with Gasteiger partial charge < -0.3 is 9.47 Å². The highest BCUT2D eigenvalue weighted by atomic mass is 16.6. The number of hydrogen-bond donors (Lipinski definition) is 0. The van der Waals surface area contributed by atoms with Gasteiger partial charge in [-0.25, -0.2) is 0 Å². The van der Waals surface area contributed by atoms with E-state index in [1.54, 1.807) is 18.3 Å². The van der Waals surface area contributed by atoms with E-state index in [9.17, 15) is 10.1 Å². The van der Waals surface area contributed by atoms with Crippen molar-refractivity contribution in [3.05, 3.63) is 53.0 Å². The molecule has 1 fully saturated rings. The fourth-order valence-corrected chi connectivity index (χ4v) is 3.27. The van der Waals surface area contributed by atoms with E-state index >= 15 is 0 Å². The molecule has 1 aliphatic rings. The molecule has 0 amide bonds. The quantitative estimate of drug-likeness (QED) is 0.486. The van der Waals surface area contributed by atoms with Crippen molar-refractivity contribution in [3.8, 4) is 17.5 Å². The van der Waals surface area contributed by atoms with Crippen molar-refractivity contribution in [2.45, 2.75) is 38.2 Å². The normalized spacial score (nSPS) is 14.8.